The summed E-state index contributed by atoms with van der Waals surface area (Å²) in [5.41, 5.74) is 6.13. The van der Waals surface area contributed by atoms with E-state index in [1.54, 1.807) is 0 Å². The zero-order valence-electron chi connectivity index (χ0n) is 22.3. The number of aromatic nitrogens is 1. The van der Waals surface area contributed by atoms with Gasteiger partial charge in [0.1, 0.15) is 11.9 Å². The minimum absolute atomic E-state index is 0.194. The second-order valence-electron chi connectivity index (χ2n) is 9.47. The number of ether oxygens (including phenoxy) is 1. The summed E-state index contributed by atoms with van der Waals surface area (Å²) < 4.78 is 21.0. The van der Waals surface area contributed by atoms with Crippen LogP contribution < -0.4 is 10.2 Å². The highest BCUT2D eigenvalue weighted by molar-refractivity contribution is 5.96. The first-order chi connectivity index (χ1) is 18.0. The fourth-order valence-electron chi connectivity index (χ4n) is 5.05. The van der Waals surface area contributed by atoms with E-state index in [0.29, 0.717) is 6.54 Å². The number of nitriles is 1. The SMILES string of the molecule is CC.CC(C)n1c(C2=CCC(NCc3ccc(F)cc3)C=C2)c(C#N)c2ccc(N3CCOCC3)cc21. The first-order valence-corrected chi connectivity index (χ1v) is 13.3. The van der Waals surface area contributed by atoms with Crippen LogP contribution in [-0.4, -0.2) is 36.9 Å². The van der Waals surface area contributed by atoms with Gasteiger partial charge in [0.2, 0.25) is 0 Å². The van der Waals surface area contributed by atoms with Gasteiger partial charge in [-0.25, -0.2) is 4.39 Å². The largest absolute Gasteiger partial charge is 0.378 e. The van der Waals surface area contributed by atoms with Crippen LogP contribution in [0.4, 0.5) is 10.1 Å². The van der Waals surface area contributed by atoms with E-state index < -0.39 is 0 Å². The summed E-state index contributed by atoms with van der Waals surface area (Å²) >= 11 is 0. The highest BCUT2D eigenvalue weighted by Gasteiger charge is 2.23. The predicted octanol–water partition coefficient (Wildman–Crippen LogP) is 6.60. The Morgan fingerprint density at radius 1 is 1.11 bits per heavy atom. The lowest BCUT2D eigenvalue weighted by Crippen LogP contribution is -2.36. The molecule has 1 aromatic heterocycles. The van der Waals surface area contributed by atoms with Crippen molar-refractivity contribution in [2.75, 3.05) is 31.2 Å². The number of allylic oxidation sites excluding steroid dienone is 2. The van der Waals surface area contributed by atoms with Crippen molar-refractivity contribution in [3.63, 3.8) is 0 Å². The van der Waals surface area contributed by atoms with Gasteiger partial charge in [0.25, 0.3) is 0 Å². The molecule has 6 heteroatoms. The molecule has 0 amide bonds. The van der Waals surface area contributed by atoms with Crippen molar-refractivity contribution in [1.29, 1.82) is 5.26 Å². The lowest BCUT2D eigenvalue weighted by molar-refractivity contribution is 0.122. The van der Waals surface area contributed by atoms with Crippen molar-refractivity contribution in [3.05, 3.63) is 83.3 Å². The number of nitrogens with one attached hydrogen (secondary N) is 1. The summed E-state index contributed by atoms with van der Waals surface area (Å²) in [5, 5.41) is 14.7. The minimum Gasteiger partial charge on any atom is -0.378 e. The molecule has 1 aliphatic carbocycles. The van der Waals surface area contributed by atoms with Gasteiger partial charge in [0.05, 0.1) is 30.0 Å². The van der Waals surface area contributed by atoms with Crippen LogP contribution in [-0.2, 0) is 11.3 Å². The molecular formula is C31H37FN4O. The number of nitrogens with zero attached hydrogens (tertiary/aromatic N) is 3. The molecule has 1 aliphatic heterocycles. The highest BCUT2D eigenvalue weighted by Crippen LogP contribution is 2.37. The summed E-state index contributed by atoms with van der Waals surface area (Å²) in [7, 11) is 0. The van der Waals surface area contributed by atoms with E-state index in [4.69, 9.17) is 4.74 Å². The standard InChI is InChI=1S/C29H31FN4O.C2H6/c1-20(2)34-28-17-25(33-13-15-35-16-14-33)11-12-26(28)27(18-31)29(34)22-5-9-24(10-6-22)32-19-21-3-7-23(30)8-4-21;1-2/h3-9,11-12,17,20,24,32H,10,13-16,19H2,1-2H3;1-2H3. The number of hydrogen-bond donors (Lipinski definition) is 1. The Morgan fingerprint density at radius 3 is 2.46 bits per heavy atom. The molecule has 1 atom stereocenters. The summed E-state index contributed by atoms with van der Waals surface area (Å²) in [6.45, 7) is 12.3. The molecule has 0 bridgehead atoms. The van der Waals surface area contributed by atoms with Crippen molar-refractivity contribution in [3.8, 4) is 6.07 Å². The summed E-state index contributed by atoms with van der Waals surface area (Å²) in [6, 6.07) is 15.9. The van der Waals surface area contributed by atoms with E-state index in [2.05, 4.69) is 71.1 Å². The summed E-state index contributed by atoms with van der Waals surface area (Å²) in [4.78, 5) is 2.35. The third kappa shape index (κ3) is 5.79. The van der Waals surface area contributed by atoms with Crippen LogP contribution in [0.3, 0.4) is 0 Å². The van der Waals surface area contributed by atoms with Gasteiger partial charge in [-0.05, 0) is 61.7 Å². The second kappa shape index (κ2) is 12.2. The summed E-state index contributed by atoms with van der Waals surface area (Å²) in [6.07, 6.45) is 7.35. The average Bonchev–Trinajstić information content (AvgIpc) is 3.28. The minimum atomic E-state index is -0.218. The third-order valence-corrected chi connectivity index (χ3v) is 6.85. The Morgan fingerprint density at radius 2 is 1.84 bits per heavy atom. The predicted molar refractivity (Wildman–Crippen MR) is 150 cm³/mol. The zero-order valence-corrected chi connectivity index (χ0v) is 22.3. The number of halogens is 1. The number of fused-ring (bicyclic) bond motifs is 1. The van der Waals surface area contributed by atoms with Gasteiger partial charge in [-0.15, -0.1) is 0 Å². The molecule has 0 radical (unpaired) electrons. The van der Waals surface area contributed by atoms with Crippen molar-refractivity contribution in [2.24, 2.45) is 0 Å². The molecule has 5 nitrogen and oxygen atoms in total. The van der Waals surface area contributed by atoms with Crippen LogP contribution in [0.5, 0.6) is 0 Å². The lowest BCUT2D eigenvalue weighted by atomic mass is 9.97. The van der Waals surface area contributed by atoms with Gasteiger partial charge < -0.3 is 19.5 Å². The number of hydrogen-bond acceptors (Lipinski definition) is 4. The maximum Gasteiger partial charge on any atom is 0.123 e. The molecular weight excluding hydrogens is 463 g/mol. The fraction of sp³-hybridized carbons (Fsp3) is 0.387. The number of morpholine rings is 1. The van der Waals surface area contributed by atoms with Crippen LogP contribution in [0, 0.1) is 17.1 Å². The molecule has 1 unspecified atom stereocenters. The fourth-order valence-corrected chi connectivity index (χ4v) is 5.05. The molecule has 1 fully saturated rings. The van der Waals surface area contributed by atoms with Crippen LogP contribution in [0.25, 0.3) is 16.5 Å². The third-order valence-electron chi connectivity index (χ3n) is 6.85. The van der Waals surface area contributed by atoms with E-state index >= 15 is 0 Å². The first kappa shape index (κ1) is 26.7. The molecule has 1 N–H and O–H groups in total. The molecule has 0 saturated carbocycles. The molecule has 1 saturated heterocycles. The number of anilines is 1. The van der Waals surface area contributed by atoms with Crippen molar-refractivity contribution in [1.82, 2.24) is 9.88 Å². The van der Waals surface area contributed by atoms with Gasteiger partial charge >= 0.3 is 0 Å². The quantitative estimate of drug-likeness (QED) is 0.414. The van der Waals surface area contributed by atoms with E-state index in [0.717, 1.165) is 66.0 Å². The Hall–Kier alpha value is -3.40. The van der Waals surface area contributed by atoms with Gasteiger partial charge in [0, 0.05) is 42.8 Å². The van der Waals surface area contributed by atoms with Crippen molar-refractivity contribution in [2.45, 2.75) is 52.7 Å². The van der Waals surface area contributed by atoms with Crippen LogP contribution in [0.2, 0.25) is 0 Å². The Bertz CT molecular complexity index is 1310. The van der Waals surface area contributed by atoms with Crippen molar-refractivity contribution >= 4 is 22.2 Å². The molecule has 3 aromatic rings. The van der Waals surface area contributed by atoms with Crippen molar-refractivity contribution < 1.29 is 9.13 Å². The Labute approximate surface area is 219 Å². The van der Waals surface area contributed by atoms with E-state index in [1.165, 1.54) is 17.8 Å². The molecule has 0 spiro atoms. The van der Waals surface area contributed by atoms with E-state index in [-0.39, 0.29) is 17.9 Å². The lowest BCUT2D eigenvalue weighted by Gasteiger charge is -2.29. The summed E-state index contributed by atoms with van der Waals surface area (Å²) in [5.74, 6) is -0.218. The molecule has 37 heavy (non-hydrogen) atoms. The Kier molecular flexibility index (Phi) is 8.81. The van der Waals surface area contributed by atoms with Gasteiger partial charge in [0.15, 0.2) is 0 Å². The smallest absolute Gasteiger partial charge is 0.123 e. The molecule has 2 heterocycles. The normalized spacial score (nSPS) is 17.4. The molecule has 2 aromatic carbocycles. The van der Waals surface area contributed by atoms with Gasteiger partial charge in [-0.1, -0.05) is 44.2 Å². The number of rotatable bonds is 6. The van der Waals surface area contributed by atoms with Gasteiger partial charge in [-0.2, -0.15) is 5.26 Å². The molecule has 194 valence electrons. The second-order valence-corrected chi connectivity index (χ2v) is 9.47. The van der Waals surface area contributed by atoms with E-state index in [1.807, 2.05) is 26.0 Å². The van der Waals surface area contributed by atoms with Crippen LogP contribution in [0.1, 0.15) is 57.0 Å². The first-order valence-electron chi connectivity index (χ1n) is 13.3. The topological polar surface area (TPSA) is 53.2 Å². The maximum absolute atomic E-state index is 13.2. The average molecular weight is 501 g/mol. The monoisotopic (exact) mass is 500 g/mol. The Balaban J connectivity index is 0.00000156. The zero-order chi connectivity index (χ0) is 26.4. The highest BCUT2D eigenvalue weighted by atomic mass is 19.1. The van der Waals surface area contributed by atoms with Crippen LogP contribution >= 0.6 is 0 Å². The number of benzene rings is 2. The van der Waals surface area contributed by atoms with Crippen LogP contribution in [0.15, 0.2) is 60.7 Å². The molecule has 2 aliphatic rings. The van der Waals surface area contributed by atoms with Gasteiger partial charge in [-0.3, -0.25) is 0 Å². The maximum atomic E-state index is 13.2. The van der Waals surface area contributed by atoms with E-state index in [9.17, 15) is 9.65 Å². The molecule has 5 rings (SSSR count).